The van der Waals surface area contributed by atoms with Crippen molar-refractivity contribution in [3.05, 3.63) is 50.3 Å². The fraction of sp³-hybridized carbons (Fsp3) is 0.263. The van der Waals surface area contributed by atoms with Gasteiger partial charge >= 0.3 is 0 Å². The first-order valence-corrected chi connectivity index (χ1v) is 9.84. The van der Waals surface area contributed by atoms with Crippen LogP contribution in [0, 0.1) is 13.8 Å². The number of halogens is 1. The number of nitrogens with one attached hydrogen (secondary N) is 2. The van der Waals surface area contributed by atoms with Crippen molar-refractivity contribution in [2.24, 2.45) is 0 Å². The van der Waals surface area contributed by atoms with Crippen molar-refractivity contribution in [3.63, 3.8) is 0 Å². The summed E-state index contributed by atoms with van der Waals surface area (Å²) in [5, 5.41) is 6.16. The first-order chi connectivity index (χ1) is 13.8. The van der Waals surface area contributed by atoms with Crippen molar-refractivity contribution in [1.29, 1.82) is 0 Å². The van der Waals surface area contributed by atoms with Gasteiger partial charge in [0.1, 0.15) is 17.1 Å². The molecule has 0 unspecified atom stereocenters. The second-order valence-electron chi connectivity index (χ2n) is 6.38. The number of aryl methyl sites for hydroxylation is 2. The molecule has 3 rings (SSSR count). The molecule has 0 atom stereocenters. The Bertz CT molecular complexity index is 1160. The quantitative estimate of drug-likeness (QED) is 0.620. The molecule has 10 heteroatoms. The van der Waals surface area contributed by atoms with E-state index in [-0.39, 0.29) is 18.6 Å². The summed E-state index contributed by atoms with van der Waals surface area (Å²) in [6.45, 7) is 3.20. The highest BCUT2D eigenvalue weighted by Gasteiger charge is 2.13. The third kappa shape index (κ3) is 4.75. The molecule has 2 aromatic heterocycles. The molecular weight excluding hydrogens is 416 g/mol. The van der Waals surface area contributed by atoms with Crippen molar-refractivity contribution in [1.82, 2.24) is 14.9 Å². The summed E-state index contributed by atoms with van der Waals surface area (Å²) in [6, 6.07) is 5.04. The standard InChI is InChI=1S/C19H19ClN4O4S/c1-10-4-14(15(28-3)6-13(10)20)23-16(25)7-21-17(26)8-24-9-22-18-12(19(24)27)5-11(2)29-18/h4-6,9H,7-8H2,1-3H3,(H,21,26)(H,23,25). The van der Waals surface area contributed by atoms with Gasteiger partial charge in [-0.05, 0) is 31.5 Å². The maximum Gasteiger partial charge on any atom is 0.262 e. The smallest absolute Gasteiger partial charge is 0.262 e. The van der Waals surface area contributed by atoms with Gasteiger partial charge in [-0.15, -0.1) is 11.3 Å². The zero-order valence-electron chi connectivity index (χ0n) is 16.0. The molecule has 29 heavy (non-hydrogen) atoms. The Kier molecular flexibility index (Phi) is 6.19. The van der Waals surface area contributed by atoms with Gasteiger partial charge in [-0.25, -0.2) is 4.98 Å². The van der Waals surface area contributed by atoms with Crippen molar-refractivity contribution in [2.45, 2.75) is 20.4 Å². The van der Waals surface area contributed by atoms with Gasteiger partial charge in [-0.2, -0.15) is 0 Å². The van der Waals surface area contributed by atoms with E-state index in [1.54, 1.807) is 25.1 Å². The van der Waals surface area contributed by atoms with Crippen LogP contribution in [0.4, 0.5) is 5.69 Å². The number of amides is 2. The van der Waals surface area contributed by atoms with Gasteiger partial charge in [0.15, 0.2) is 0 Å². The zero-order valence-corrected chi connectivity index (χ0v) is 17.6. The number of carbonyl (C=O) groups excluding carboxylic acids is 2. The second-order valence-corrected chi connectivity index (χ2v) is 8.02. The number of aromatic nitrogens is 2. The fourth-order valence-electron chi connectivity index (χ4n) is 2.71. The van der Waals surface area contributed by atoms with Gasteiger partial charge in [-0.3, -0.25) is 19.0 Å². The topological polar surface area (TPSA) is 102 Å². The maximum atomic E-state index is 12.4. The normalized spacial score (nSPS) is 10.8. The molecule has 1 aromatic carbocycles. The Labute approximate surface area is 175 Å². The minimum Gasteiger partial charge on any atom is -0.495 e. The molecule has 8 nitrogen and oxygen atoms in total. The first kappa shape index (κ1) is 20.8. The van der Waals surface area contributed by atoms with Crippen LogP contribution in [0.15, 0.2) is 29.3 Å². The van der Waals surface area contributed by atoms with Gasteiger partial charge in [0.25, 0.3) is 5.56 Å². The highest BCUT2D eigenvalue weighted by atomic mass is 35.5. The molecule has 2 N–H and O–H groups in total. The van der Waals surface area contributed by atoms with Crippen molar-refractivity contribution in [3.8, 4) is 5.75 Å². The highest BCUT2D eigenvalue weighted by Crippen LogP contribution is 2.30. The number of benzene rings is 1. The molecule has 0 spiro atoms. The fourth-order valence-corrected chi connectivity index (χ4v) is 3.70. The minimum atomic E-state index is -0.477. The largest absolute Gasteiger partial charge is 0.495 e. The maximum absolute atomic E-state index is 12.4. The Morgan fingerprint density at radius 2 is 2.00 bits per heavy atom. The van der Waals surface area contributed by atoms with Crippen LogP contribution in [0.2, 0.25) is 5.02 Å². The summed E-state index contributed by atoms with van der Waals surface area (Å²) in [7, 11) is 1.47. The Hall–Kier alpha value is -2.91. The van der Waals surface area contributed by atoms with Crippen LogP contribution in [0.25, 0.3) is 10.2 Å². The molecule has 152 valence electrons. The number of nitrogens with zero attached hydrogens (tertiary/aromatic N) is 2. The predicted molar refractivity (Wildman–Crippen MR) is 113 cm³/mol. The molecule has 3 aromatic rings. The van der Waals surface area contributed by atoms with E-state index < -0.39 is 11.8 Å². The third-order valence-corrected chi connectivity index (χ3v) is 5.52. The summed E-state index contributed by atoms with van der Waals surface area (Å²) in [5.41, 5.74) is 0.936. The van der Waals surface area contributed by atoms with Gasteiger partial charge in [0, 0.05) is 16.0 Å². The summed E-state index contributed by atoms with van der Waals surface area (Å²) < 4.78 is 6.42. The van der Waals surface area contributed by atoms with Gasteiger partial charge in [0.2, 0.25) is 11.8 Å². The molecule has 2 amide bonds. The molecule has 0 radical (unpaired) electrons. The zero-order chi connectivity index (χ0) is 21.1. The molecule has 0 fully saturated rings. The number of hydrogen-bond donors (Lipinski definition) is 2. The highest BCUT2D eigenvalue weighted by molar-refractivity contribution is 7.18. The average Bonchev–Trinajstić information content (AvgIpc) is 3.06. The van der Waals surface area contributed by atoms with Gasteiger partial charge in [0.05, 0.1) is 31.1 Å². The molecule has 0 aliphatic carbocycles. The number of ether oxygens (including phenoxy) is 1. The van der Waals surface area contributed by atoms with Gasteiger partial charge in [-0.1, -0.05) is 11.6 Å². The van der Waals surface area contributed by atoms with E-state index in [0.29, 0.717) is 26.7 Å². The Morgan fingerprint density at radius 1 is 1.24 bits per heavy atom. The lowest BCUT2D eigenvalue weighted by Gasteiger charge is -2.13. The van der Waals surface area contributed by atoms with Crippen LogP contribution in [-0.4, -0.2) is 35.0 Å². The monoisotopic (exact) mass is 434 g/mol. The van der Waals surface area contributed by atoms with E-state index >= 15 is 0 Å². The summed E-state index contributed by atoms with van der Waals surface area (Å²) in [4.78, 5) is 42.6. The number of fused-ring (bicyclic) bond motifs is 1. The number of carbonyl (C=O) groups is 2. The van der Waals surface area contributed by atoms with E-state index in [1.165, 1.54) is 29.3 Å². The van der Waals surface area contributed by atoms with Crippen molar-refractivity contribution >= 4 is 50.7 Å². The van der Waals surface area contributed by atoms with E-state index in [9.17, 15) is 14.4 Å². The molecule has 2 heterocycles. The average molecular weight is 435 g/mol. The van der Waals surface area contributed by atoms with Gasteiger partial charge < -0.3 is 15.4 Å². The van der Waals surface area contributed by atoms with Crippen LogP contribution >= 0.6 is 22.9 Å². The molecule has 0 saturated carbocycles. The third-order valence-electron chi connectivity index (χ3n) is 4.16. The van der Waals surface area contributed by atoms with E-state index in [0.717, 1.165) is 10.4 Å². The molecule has 0 aliphatic heterocycles. The van der Waals surface area contributed by atoms with Crippen LogP contribution in [0.3, 0.4) is 0 Å². The molecule has 0 aliphatic rings. The van der Waals surface area contributed by atoms with Crippen LogP contribution in [-0.2, 0) is 16.1 Å². The molecule has 0 bridgehead atoms. The number of thiophene rings is 1. The summed E-state index contributed by atoms with van der Waals surface area (Å²) in [5.74, 6) is -0.500. The van der Waals surface area contributed by atoms with Crippen LogP contribution < -0.4 is 20.9 Å². The second kappa shape index (κ2) is 8.62. The number of methoxy groups -OCH3 is 1. The lowest BCUT2D eigenvalue weighted by Crippen LogP contribution is -2.37. The van der Waals surface area contributed by atoms with E-state index in [4.69, 9.17) is 16.3 Å². The number of rotatable bonds is 6. The predicted octanol–water partition coefficient (Wildman–Crippen LogP) is 2.49. The van der Waals surface area contributed by atoms with E-state index in [2.05, 4.69) is 15.6 Å². The Morgan fingerprint density at radius 3 is 2.72 bits per heavy atom. The number of anilines is 1. The molecular formula is C19H19ClN4O4S. The van der Waals surface area contributed by atoms with Crippen molar-refractivity contribution in [2.75, 3.05) is 19.0 Å². The SMILES string of the molecule is COc1cc(Cl)c(C)cc1NC(=O)CNC(=O)Cn1cnc2sc(C)cc2c1=O. The minimum absolute atomic E-state index is 0.229. The van der Waals surface area contributed by atoms with Crippen molar-refractivity contribution < 1.29 is 14.3 Å². The first-order valence-electron chi connectivity index (χ1n) is 8.64. The molecule has 0 saturated heterocycles. The van der Waals surface area contributed by atoms with Crippen LogP contribution in [0.1, 0.15) is 10.4 Å². The lowest BCUT2D eigenvalue weighted by atomic mass is 10.2. The summed E-state index contributed by atoms with van der Waals surface area (Å²) >= 11 is 7.47. The lowest BCUT2D eigenvalue weighted by molar-refractivity contribution is -0.124. The van der Waals surface area contributed by atoms with Crippen LogP contribution in [0.5, 0.6) is 5.75 Å². The van der Waals surface area contributed by atoms with E-state index in [1.807, 2.05) is 6.92 Å². The Balaban J connectivity index is 1.61. The number of hydrogen-bond acceptors (Lipinski definition) is 6. The summed E-state index contributed by atoms with van der Waals surface area (Å²) in [6.07, 6.45) is 1.33.